The van der Waals surface area contributed by atoms with Gasteiger partial charge in [0.15, 0.2) is 0 Å². The molecule has 0 unspecified atom stereocenters. The van der Waals surface area contributed by atoms with Crippen LogP contribution < -0.4 is 0 Å². The summed E-state index contributed by atoms with van der Waals surface area (Å²) in [5, 5.41) is 0. The van der Waals surface area contributed by atoms with Gasteiger partial charge in [-0.3, -0.25) is 0 Å². The number of unbranched alkanes of at least 4 members (excludes halogenated alkanes) is 12. The molecule has 0 amide bonds. The predicted octanol–water partition coefficient (Wildman–Crippen LogP) is 9.02. The molecular formula is C24H46. The average molecular weight is 335 g/mol. The van der Waals surface area contributed by atoms with Gasteiger partial charge < -0.3 is 0 Å². The summed E-state index contributed by atoms with van der Waals surface area (Å²) in [6.07, 6.45) is 25.8. The molecular weight excluding hydrogens is 288 g/mol. The smallest absolute Gasteiger partial charge is 0.0256 e. The van der Waals surface area contributed by atoms with E-state index in [9.17, 15) is 0 Å². The first kappa shape index (κ1) is 23.5. The molecule has 0 aromatic heterocycles. The van der Waals surface area contributed by atoms with E-state index >= 15 is 0 Å². The topological polar surface area (TPSA) is 0 Å². The second-order valence-corrected chi connectivity index (χ2v) is 7.75. The van der Waals surface area contributed by atoms with E-state index in [0.29, 0.717) is 0 Å². The van der Waals surface area contributed by atoms with Crippen molar-refractivity contribution in [3.63, 3.8) is 0 Å². The Morgan fingerprint density at radius 2 is 1.04 bits per heavy atom. The zero-order chi connectivity index (χ0) is 17.9. The predicted molar refractivity (Wildman–Crippen MR) is 113 cm³/mol. The van der Waals surface area contributed by atoms with Crippen LogP contribution in [0.4, 0.5) is 0 Å². The normalized spacial score (nSPS) is 11.1. The van der Waals surface area contributed by atoms with Gasteiger partial charge in [0, 0.05) is 0 Å². The van der Waals surface area contributed by atoms with Crippen LogP contribution in [0.2, 0.25) is 0 Å². The quantitative estimate of drug-likeness (QED) is 0.163. The first-order valence-electron chi connectivity index (χ1n) is 11.0. The zero-order valence-corrected chi connectivity index (χ0v) is 17.1. The molecule has 0 heteroatoms. The molecule has 0 N–H and O–H groups in total. The summed E-state index contributed by atoms with van der Waals surface area (Å²) in [4.78, 5) is 0. The van der Waals surface area contributed by atoms with Gasteiger partial charge in [-0.25, -0.2) is 0 Å². The molecule has 0 heterocycles. The van der Waals surface area contributed by atoms with E-state index in [-0.39, 0.29) is 0 Å². The van der Waals surface area contributed by atoms with Crippen molar-refractivity contribution in [2.75, 3.05) is 0 Å². The van der Waals surface area contributed by atoms with Gasteiger partial charge in [0.05, 0.1) is 0 Å². The molecule has 0 aliphatic carbocycles. The number of hydrogen-bond acceptors (Lipinski definition) is 0. The Balaban J connectivity index is 3.76. The maximum atomic E-state index is 4.15. The van der Waals surface area contributed by atoms with E-state index in [4.69, 9.17) is 0 Å². The van der Waals surface area contributed by atoms with E-state index in [2.05, 4.69) is 27.0 Å². The standard InChI is InChI=1S/C24H46/c1-5-8-10-12-14-16-18-20-24(22-23(4)7-3)21-19-17-15-13-11-9-6-2/h7,24H,3-6,8-22H2,1-2H3. The fourth-order valence-electron chi connectivity index (χ4n) is 3.58. The number of rotatable bonds is 19. The SMILES string of the molecule is C=CC(=C)CC(CCCCCCCCC)CCCCCCCCC. The van der Waals surface area contributed by atoms with Crippen LogP contribution in [0.15, 0.2) is 24.8 Å². The van der Waals surface area contributed by atoms with Crippen LogP contribution in [0, 0.1) is 5.92 Å². The van der Waals surface area contributed by atoms with Crippen molar-refractivity contribution in [2.45, 2.75) is 123 Å². The van der Waals surface area contributed by atoms with Crippen LogP contribution in [-0.2, 0) is 0 Å². The Bertz CT molecular complexity index is 258. The van der Waals surface area contributed by atoms with Gasteiger partial charge in [0.25, 0.3) is 0 Å². The zero-order valence-electron chi connectivity index (χ0n) is 17.1. The third-order valence-corrected chi connectivity index (χ3v) is 5.27. The van der Waals surface area contributed by atoms with E-state index in [0.717, 1.165) is 5.92 Å². The van der Waals surface area contributed by atoms with Crippen LogP contribution in [0.1, 0.15) is 123 Å². The summed E-state index contributed by atoms with van der Waals surface area (Å²) >= 11 is 0. The summed E-state index contributed by atoms with van der Waals surface area (Å²) in [6, 6.07) is 0. The van der Waals surface area contributed by atoms with Crippen molar-refractivity contribution in [3.8, 4) is 0 Å². The van der Waals surface area contributed by atoms with Crippen molar-refractivity contribution < 1.29 is 0 Å². The molecule has 0 aromatic rings. The van der Waals surface area contributed by atoms with Gasteiger partial charge >= 0.3 is 0 Å². The van der Waals surface area contributed by atoms with Gasteiger partial charge in [0.1, 0.15) is 0 Å². The first-order chi connectivity index (χ1) is 11.7. The highest BCUT2D eigenvalue weighted by molar-refractivity contribution is 5.11. The fourth-order valence-corrected chi connectivity index (χ4v) is 3.58. The molecule has 0 bridgehead atoms. The second-order valence-electron chi connectivity index (χ2n) is 7.75. The van der Waals surface area contributed by atoms with Crippen molar-refractivity contribution in [1.29, 1.82) is 0 Å². The Hall–Kier alpha value is -0.520. The molecule has 0 aliphatic heterocycles. The van der Waals surface area contributed by atoms with E-state index in [1.54, 1.807) is 0 Å². The lowest BCUT2D eigenvalue weighted by Crippen LogP contribution is -2.02. The molecule has 0 fully saturated rings. The monoisotopic (exact) mass is 334 g/mol. The van der Waals surface area contributed by atoms with Crippen LogP contribution in [0.5, 0.6) is 0 Å². The minimum Gasteiger partial charge on any atom is -0.0988 e. The average Bonchev–Trinajstić information content (AvgIpc) is 2.59. The van der Waals surface area contributed by atoms with Gasteiger partial charge in [-0.05, 0) is 12.3 Å². The van der Waals surface area contributed by atoms with Crippen molar-refractivity contribution in [3.05, 3.63) is 24.8 Å². The fraction of sp³-hybridized carbons (Fsp3) is 0.833. The van der Waals surface area contributed by atoms with E-state index in [1.165, 1.54) is 115 Å². The van der Waals surface area contributed by atoms with Crippen molar-refractivity contribution >= 4 is 0 Å². The molecule has 0 rings (SSSR count). The molecule has 0 aromatic carbocycles. The Morgan fingerprint density at radius 1 is 0.667 bits per heavy atom. The second kappa shape index (κ2) is 18.8. The maximum Gasteiger partial charge on any atom is -0.0256 e. The summed E-state index contributed by atoms with van der Waals surface area (Å²) in [7, 11) is 0. The molecule has 0 saturated heterocycles. The molecule has 24 heavy (non-hydrogen) atoms. The maximum absolute atomic E-state index is 4.15. The van der Waals surface area contributed by atoms with Gasteiger partial charge in [-0.2, -0.15) is 0 Å². The number of hydrogen-bond donors (Lipinski definition) is 0. The lowest BCUT2D eigenvalue weighted by Gasteiger charge is -2.17. The highest BCUT2D eigenvalue weighted by atomic mass is 14.1. The first-order valence-corrected chi connectivity index (χ1v) is 11.0. The van der Waals surface area contributed by atoms with Gasteiger partial charge in [0.2, 0.25) is 0 Å². The Morgan fingerprint density at radius 3 is 1.42 bits per heavy atom. The molecule has 0 nitrogen and oxygen atoms in total. The summed E-state index contributed by atoms with van der Waals surface area (Å²) in [5.74, 6) is 0.849. The van der Waals surface area contributed by atoms with Crippen LogP contribution in [0.25, 0.3) is 0 Å². The van der Waals surface area contributed by atoms with Crippen molar-refractivity contribution in [2.24, 2.45) is 5.92 Å². The third-order valence-electron chi connectivity index (χ3n) is 5.27. The van der Waals surface area contributed by atoms with Crippen molar-refractivity contribution in [1.82, 2.24) is 0 Å². The Kier molecular flexibility index (Phi) is 18.4. The van der Waals surface area contributed by atoms with Gasteiger partial charge in [-0.1, -0.05) is 141 Å². The molecule has 142 valence electrons. The molecule has 0 atom stereocenters. The molecule has 0 saturated carbocycles. The Labute approximate surface area is 154 Å². The summed E-state index contributed by atoms with van der Waals surface area (Å²) < 4.78 is 0. The van der Waals surface area contributed by atoms with Crippen LogP contribution >= 0.6 is 0 Å². The number of allylic oxidation sites excluding steroid dienone is 2. The minimum atomic E-state index is 0.849. The highest BCUT2D eigenvalue weighted by Gasteiger charge is 2.09. The lowest BCUT2D eigenvalue weighted by molar-refractivity contribution is 0.401. The van der Waals surface area contributed by atoms with E-state index in [1.807, 2.05) is 6.08 Å². The van der Waals surface area contributed by atoms with Crippen LogP contribution in [0.3, 0.4) is 0 Å². The summed E-state index contributed by atoms with van der Waals surface area (Å²) in [6.45, 7) is 12.6. The largest absolute Gasteiger partial charge is 0.0988 e. The molecule has 0 aliphatic rings. The van der Waals surface area contributed by atoms with Crippen LogP contribution in [-0.4, -0.2) is 0 Å². The molecule has 0 radical (unpaired) electrons. The third kappa shape index (κ3) is 16.3. The summed E-state index contributed by atoms with van der Waals surface area (Å²) in [5.41, 5.74) is 1.24. The minimum absolute atomic E-state index is 0.849. The lowest BCUT2D eigenvalue weighted by atomic mass is 9.89. The van der Waals surface area contributed by atoms with E-state index < -0.39 is 0 Å². The van der Waals surface area contributed by atoms with Gasteiger partial charge in [-0.15, -0.1) is 0 Å². The molecule has 0 spiro atoms. The highest BCUT2D eigenvalue weighted by Crippen LogP contribution is 2.25.